The first-order valence-corrected chi connectivity index (χ1v) is 9.39. The average Bonchev–Trinajstić information content (AvgIpc) is 3.17. The van der Waals surface area contributed by atoms with Gasteiger partial charge in [0.2, 0.25) is 5.91 Å². The van der Waals surface area contributed by atoms with E-state index in [0.717, 1.165) is 12.0 Å². The van der Waals surface area contributed by atoms with Gasteiger partial charge in [-0.2, -0.15) is 5.10 Å². The summed E-state index contributed by atoms with van der Waals surface area (Å²) in [6.07, 6.45) is 0.959. The number of aromatic nitrogens is 2. The molecule has 1 aliphatic heterocycles. The Morgan fingerprint density at radius 2 is 1.90 bits per heavy atom. The summed E-state index contributed by atoms with van der Waals surface area (Å²) in [5.41, 5.74) is 2.89. The van der Waals surface area contributed by atoms with Gasteiger partial charge in [-0.3, -0.25) is 9.89 Å². The van der Waals surface area contributed by atoms with E-state index in [4.69, 9.17) is 9.47 Å². The highest BCUT2D eigenvalue weighted by molar-refractivity contribution is 5.99. The van der Waals surface area contributed by atoms with Crippen LogP contribution in [-0.2, 0) is 16.0 Å². The second kappa shape index (κ2) is 8.18. The zero-order valence-electron chi connectivity index (χ0n) is 16.0. The maximum Gasteiger partial charge on any atom is 0.356 e. The summed E-state index contributed by atoms with van der Waals surface area (Å²) in [6.45, 7) is 0.502. The smallest absolute Gasteiger partial charge is 0.356 e. The fourth-order valence-electron chi connectivity index (χ4n) is 3.60. The molecule has 0 radical (unpaired) electrons. The number of aromatic amines is 1. The zero-order valence-corrected chi connectivity index (χ0v) is 16.0. The minimum Gasteiger partial charge on any atom is -0.493 e. The van der Waals surface area contributed by atoms with Crippen LogP contribution in [0.4, 0.5) is 5.82 Å². The van der Waals surface area contributed by atoms with Crippen molar-refractivity contribution in [1.29, 1.82) is 0 Å². The zero-order chi connectivity index (χ0) is 20.2. The van der Waals surface area contributed by atoms with Gasteiger partial charge in [-0.25, -0.2) is 4.79 Å². The molecule has 29 heavy (non-hydrogen) atoms. The number of carbonyl (C=O) groups excluding carboxylic acids is 2. The number of methoxy groups -OCH3 is 1. The number of rotatable bonds is 6. The fourth-order valence-corrected chi connectivity index (χ4v) is 3.60. The van der Waals surface area contributed by atoms with Gasteiger partial charge < -0.3 is 14.8 Å². The number of benzene rings is 2. The predicted octanol–water partition coefficient (Wildman–Crippen LogP) is 3.29. The molecule has 0 saturated carbocycles. The van der Waals surface area contributed by atoms with Gasteiger partial charge in [0.05, 0.1) is 13.7 Å². The molecule has 1 aliphatic rings. The van der Waals surface area contributed by atoms with Crippen molar-refractivity contribution < 1.29 is 19.1 Å². The van der Waals surface area contributed by atoms with E-state index in [9.17, 15) is 9.59 Å². The highest BCUT2D eigenvalue weighted by atomic mass is 16.5. The highest BCUT2D eigenvalue weighted by Crippen LogP contribution is 2.41. The van der Waals surface area contributed by atoms with Crippen LogP contribution < -0.4 is 10.1 Å². The number of H-pyrrole nitrogens is 1. The van der Waals surface area contributed by atoms with Gasteiger partial charge in [0.25, 0.3) is 0 Å². The van der Waals surface area contributed by atoms with Crippen molar-refractivity contribution in [2.75, 3.05) is 19.0 Å². The minimum atomic E-state index is -0.526. The van der Waals surface area contributed by atoms with E-state index >= 15 is 0 Å². The third-order valence-corrected chi connectivity index (χ3v) is 4.97. The average molecular weight is 391 g/mol. The quantitative estimate of drug-likeness (QED) is 0.629. The standard InChI is InChI=1S/C22H21N3O4/c1-28-22(27)20-19-16(13-18(26)23-21(19)25-24-20)15-9-5-6-10-17(15)29-12-11-14-7-3-2-4-8-14/h2-10,16H,11-13H2,1H3,(H2,23,24,25,26). The molecule has 148 valence electrons. The molecule has 2 aromatic carbocycles. The van der Waals surface area contributed by atoms with Gasteiger partial charge in [-0.1, -0.05) is 48.5 Å². The van der Waals surface area contributed by atoms with Gasteiger partial charge in [0.1, 0.15) is 11.4 Å². The molecule has 0 fully saturated rings. The molecule has 7 nitrogen and oxygen atoms in total. The summed E-state index contributed by atoms with van der Waals surface area (Å²) in [4.78, 5) is 24.4. The Kier molecular flexibility index (Phi) is 5.29. The van der Waals surface area contributed by atoms with Crippen LogP contribution in [-0.4, -0.2) is 35.8 Å². The van der Waals surface area contributed by atoms with Crippen molar-refractivity contribution in [2.24, 2.45) is 0 Å². The van der Waals surface area contributed by atoms with Crippen LogP contribution in [0.15, 0.2) is 54.6 Å². The molecule has 1 unspecified atom stereocenters. The number of carbonyl (C=O) groups is 2. The molecule has 0 bridgehead atoms. The van der Waals surface area contributed by atoms with E-state index in [-0.39, 0.29) is 23.9 Å². The molecule has 0 saturated heterocycles. The summed E-state index contributed by atoms with van der Waals surface area (Å²) in [7, 11) is 1.31. The molecular formula is C22H21N3O4. The minimum absolute atomic E-state index is 0.162. The molecule has 2 N–H and O–H groups in total. The topological polar surface area (TPSA) is 93.3 Å². The van der Waals surface area contributed by atoms with Gasteiger partial charge in [-0.05, 0) is 11.6 Å². The Balaban J connectivity index is 1.63. The second-order valence-corrected chi connectivity index (χ2v) is 6.78. The van der Waals surface area contributed by atoms with Crippen molar-refractivity contribution in [3.8, 4) is 5.75 Å². The maximum absolute atomic E-state index is 12.2. The molecule has 3 aromatic rings. The Morgan fingerprint density at radius 1 is 1.14 bits per heavy atom. The van der Waals surface area contributed by atoms with Crippen LogP contribution in [0.25, 0.3) is 0 Å². The Bertz CT molecular complexity index is 1030. The van der Waals surface area contributed by atoms with E-state index in [1.54, 1.807) is 0 Å². The number of para-hydroxylation sites is 1. The predicted molar refractivity (Wildman–Crippen MR) is 107 cm³/mol. The molecule has 1 aromatic heterocycles. The monoisotopic (exact) mass is 391 g/mol. The normalized spacial score (nSPS) is 15.3. The second-order valence-electron chi connectivity index (χ2n) is 6.78. The number of fused-ring (bicyclic) bond motifs is 1. The molecule has 0 spiro atoms. The number of ether oxygens (including phenoxy) is 2. The number of anilines is 1. The maximum atomic E-state index is 12.2. The lowest BCUT2D eigenvalue weighted by Crippen LogP contribution is -2.25. The summed E-state index contributed by atoms with van der Waals surface area (Å²) < 4.78 is 10.9. The summed E-state index contributed by atoms with van der Waals surface area (Å²) >= 11 is 0. The molecule has 7 heteroatoms. The van der Waals surface area contributed by atoms with E-state index < -0.39 is 5.97 Å². The molecule has 0 aliphatic carbocycles. The van der Waals surface area contributed by atoms with Crippen molar-refractivity contribution in [1.82, 2.24) is 10.2 Å². The summed E-state index contributed by atoms with van der Waals surface area (Å²) in [6, 6.07) is 17.7. The number of hydrogen-bond donors (Lipinski definition) is 2. The molecule has 1 amide bonds. The molecule has 4 rings (SSSR count). The lowest BCUT2D eigenvalue weighted by molar-refractivity contribution is -0.116. The number of nitrogens with zero attached hydrogens (tertiary/aromatic N) is 1. The molecular weight excluding hydrogens is 370 g/mol. The van der Waals surface area contributed by atoms with Gasteiger partial charge in [0.15, 0.2) is 5.82 Å². The fraction of sp³-hybridized carbons (Fsp3) is 0.227. The van der Waals surface area contributed by atoms with Gasteiger partial charge in [-0.15, -0.1) is 0 Å². The Morgan fingerprint density at radius 3 is 2.69 bits per heavy atom. The number of esters is 1. The van der Waals surface area contributed by atoms with Gasteiger partial charge in [0, 0.05) is 29.9 Å². The van der Waals surface area contributed by atoms with Crippen LogP contribution in [0.2, 0.25) is 0 Å². The van der Waals surface area contributed by atoms with Crippen molar-refractivity contribution in [2.45, 2.75) is 18.8 Å². The van der Waals surface area contributed by atoms with Crippen LogP contribution in [0.5, 0.6) is 5.75 Å². The van der Waals surface area contributed by atoms with E-state index in [0.29, 0.717) is 23.7 Å². The summed E-state index contributed by atoms with van der Waals surface area (Å²) in [5.74, 6) is -0.0109. The van der Waals surface area contributed by atoms with E-state index in [2.05, 4.69) is 27.6 Å². The Hall–Kier alpha value is -3.61. The van der Waals surface area contributed by atoms with E-state index in [1.165, 1.54) is 12.7 Å². The van der Waals surface area contributed by atoms with Crippen molar-refractivity contribution in [3.05, 3.63) is 77.0 Å². The van der Waals surface area contributed by atoms with Crippen LogP contribution in [0.1, 0.15) is 39.5 Å². The lowest BCUT2D eigenvalue weighted by atomic mass is 9.85. The first-order valence-electron chi connectivity index (χ1n) is 9.39. The highest BCUT2D eigenvalue weighted by Gasteiger charge is 2.35. The third kappa shape index (κ3) is 3.85. The number of hydrogen-bond acceptors (Lipinski definition) is 5. The van der Waals surface area contributed by atoms with Crippen molar-refractivity contribution in [3.63, 3.8) is 0 Å². The lowest BCUT2D eigenvalue weighted by Gasteiger charge is -2.25. The molecule has 2 heterocycles. The molecule has 1 atom stereocenters. The largest absolute Gasteiger partial charge is 0.493 e. The third-order valence-electron chi connectivity index (χ3n) is 4.97. The van der Waals surface area contributed by atoms with Crippen LogP contribution in [0.3, 0.4) is 0 Å². The first kappa shape index (κ1) is 18.7. The number of amides is 1. The van der Waals surface area contributed by atoms with Crippen LogP contribution >= 0.6 is 0 Å². The van der Waals surface area contributed by atoms with E-state index in [1.807, 2.05) is 42.5 Å². The Labute approximate surface area is 168 Å². The first-order chi connectivity index (χ1) is 14.2. The van der Waals surface area contributed by atoms with Gasteiger partial charge >= 0.3 is 5.97 Å². The number of nitrogens with one attached hydrogen (secondary N) is 2. The van der Waals surface area contributed by atoms with Crippen LogP contribution in [0, 0.1) is 0 Å². The SMILES string of the molecule is COC(=O)c1[nH]nc2c1C(c1ccccc1OCCc1ccccc1)CC(=O)N2. The summed E-state index contributed by atoms with van der Waals surface area (Å²) in [5, 5.41) is 9.49. The van der Waals surface area contributed by atoms with Crippen molar-refractivity contribution >= 4 is 17.7 Å².